The lowest BCUT2D eigenvalue weighted by Crippen LogP contribution is -2.53. The molecule has 136 valence electrons. The Kier molecular flexibility index (Phi) is 2.68. The fourth-order valence-corrected chi connectivity index (χ4v) is 7.63. The molecule has 7 heteroatoms. The first-order chi connectivity index (χ1) is 12.4. The Morgan fingerprint density at radius 1 is 1.31 bits per heavy atom. The van der Waals surface area contributed by atoms with Crippen LogP contribution in [-0.2, 0) is 19.9 Å². The number of aliphatic hydroxyl groups is 1. The number of carbonyl (C=O) groups is 1. The van der Waals surface area contributed by atoms with Crippen LogP contribution in [0.2, 0.25) is 0 Å². The monoisotopic (exact) mass is 390 g/mol. The fraction of sp³-hybridized carbons (Fsp3) is 0.526. The van der Waals surface area contributed by atoms with Crippen molar-refractivity contribution >= 4 is 28.6 Å². The van der Waals surface area contributed by atoms with Crippen molar-refractivity contribution in [2.24, 2.45) is 0 Å². The fourth-order valence-electron chi connectivity index (χ4n) is 5.91. The Labute approximate surface area is 159 Å². The average molecular weight is 391 g/mol. The first-order valence-corrected chi connectivity index (χ1v) is 10.7. The number of rotatable bonds is 4. The Bertz CT molecular complexity index is 874. The summed E-state index contributed by atoms with van der Waals surface area (Å²) in [6.45, 7) is 0. The maximum Gasteiger partial charge on any atom is 0.350 e. The highest BCUT2D eigenvalue weighted by molar-refractivity contribution is 7.12. The highest BCUT2D eigenvalue weighted by Gasteiger charge is 2.99. The van der Waals surface area contributed by atoms with Gasteiger partial charge in [-0.05, 0) is 22.9 Å². The van der Waals surface area contributed by atoms with Crippen LogP contribution in [0.3, 0.4) is 0 Å². The van der Waals surface area contributed by atoms with Gasteiger partial charge in [-0.1, -0.05) is 12.1 Å². The molecule has 4 fully saturated rings. The van der Waals surface area contributed by atoms with Gasteiger partial charge in [0.2, 0.25) is 5.60 Å². The van der Waals surface area contributed by atoms with Gasteiger partial charge in [-0.25, -0.2) is 4.79 Å². The molecule has 1 saturated carbocycles. The number of fused-ring (bicyclic) bond motifs is 3. The standard InChI is InChI=1S/C19H20NO4S2/c1-20(2)11-9-17(10-18(17,20)15-14(11)23-15)24-16(21)19(22,12-5-3-7-25-12)13-6-4-8-26-13/h3-8,11,14-15,22H,9-10H2,1-2H3/q+1. The second kappa shape index (κ2) is 4.42. The van der Waals surface area contributed by atoms with Crippen LogP contribution in [0.15, 0.2) is 35.0 Å². The largest absolute Gasteiger partial charge is 0.449 e. The van der Waals surface area contributed by atoms with E-state index in [1.165, 1.54) is 22.7 Å². The summed E-state index contributed by atoms with van der Waals surface area (Å²) in [5.41, 5.74) is -2.34. The molecule has 1 spiro atoms. The van der Waals surface area contributed by atoms with Gasteiger partial charge in [0.1, 0.15) is 18.2 Å². The van der Waals surface area contributed by atoms with Crippen molar-refractivity contribution in [1.29, 1.82) is 0 Å². The molecule has 3 saturated heterocycles. The van der Waals surface area contributed by atoms with Crippen molar-refractivity contribution in [3.8, 4) is 0 Å². The molecule has 5 atom stereocenters. The molecule has 5 unspecified atom stereocenters. The molecule has 2 aromatic heterocycles. The van der Waals surface area contributed by atoms with E-state index in [0.29, 0.717) is 21.9 Å². The molecular weight excluding hydrogens is 370 g/mol. The van der Waals surface area contributed by atoms with Crippen LogP contribution in [0, 0.1) is 0 Å². The van der Waals surface area contributed by atoms with Gasteiger partial charge in [0, 0.05) is 6.42 Å². The quantitative estimate of drug-likeness (QED) is 0.493. The lowest BCUT2D eigenvalue weighted by atomic mass is 9.96. The Balaban J connectivity index is 1.38. The number of hydrogen-bond donors (Lipinski definition) is 1. The predicted octanol–water partition coefficient (Wildman–Crippen LogP) is 2.10. The third-order valence-electron chi connectivity index (χ3n) is 7.33. The minimum absolute atomic E-state index is 0.121. The Morgan fingerprint density at radius 3 is 2.46 bits per heavy atom. The van der Waals surface area contributed by atoms with E-state index < -0.39 is 17.2 Å². The van der Waals surface area contributed by atoms with Crippen LogP contribution in [0.25, 0.3) is 0 Å². The van der Waals surface area contributed by atoms with Gasteiger partial charge in [-0.3, -0.25) is 0 Å². The van der Waals surface area contributed by atoms with E-state index in [1.54, 1.807) is 12.1 Å². The van der Waals surface area contributed by atoms with Gasteiger partial charge >= 0.3 is 5.97 Å². The Morgan fingerprint density at radius 2 is 1.96 bits per heavy atom. The van der Waals surface area contributed by atoms with Gasteiger partial charge in [-0.15, -0.1) is 22.7 Å². The molecule has 1 aliphatic carbocycles. The summed E-state index contributed by atoms with van der Waals surface area (Å²) in [7, 11) is 4.46. The van der Waals surface area contributed by atoms with E-state index in [2.05, 4.69) is 14.1 Å². The lowest BCUT2D eigenvalue weighted by Gasteiger charge is -2.35. The maximum atomic E-state index is 13.3. The van der Waals surface area contributed by atoms with E-state index in [-0.39, 0.29) is 11.6 Å². The van der Waals surface area contributed by atoms with E-state index >= 15 is 0 Å². The lowest BCUT2D eigenvalue weighted by molar-refractivity contribution is -0.934. The van der Waals surface area contributed by atoms with Crippen molar-refractivity contribution in [1.82, 2.24) is 0 Å². The van der Waals surface area contributed by atoms with E-state index in [0.717, 1.165) is 17.3 Å². The molecule has 4 aliphatic rings. The normalized spacial score (nSPS) is 40.8. The molecular formula is C19H20NO4S2+. The SMILES string of the molecule is C[N+]1(C)C2CC3(OC(=O)C(O)(c4cccs4)c4cccs4)CC31C1OC12. The van der Waals surface area contributed by atoms with Crippen molar-refractivity contribution in [3.05, 3.63) is 44.8 Å². The second-order valence-corrected chi connectivity index (χ2v) is 10.4. The van der Waals surface area contributed by atoms with Crippen LogP contribution in [0.5, 0.6) is 0 Å². The van der Waals surface area contributed by atoms with Crippen molar-refractivity contribution < 1.29 is 23.9 Å². The Hall–Kier alpha value is -1.25. The zero-order valence-electron chi connectivity index (χ0n) is 14.5. The summed E-state index contributed by atoms with van der Waals surface area (Å²) < 4.78 is 12.9. The predicted molar refractivity (Wildman–Crippen MR) is 97.0 cm³/mol. The van der Waals surface area contributed by atoms with Gasteiger partial charge in [0.05, 0.1) is 30.3 Å². The number of likely N-dealkylation sites (N-methyl/N-ethyl adjacent to an activating group) is 1. The summed E-state index contributed by atoms with van der Waals surface area (Å²) in [5.74, 6) is -0.552. The molecule has 2 bridgehead atoms. The van der Waals surface area contributed by atoms with E-state index in [1.807, 2.05) is 22.9 Å². The van der Waals surface area contributed by atoms with Crippen LogP contribution in [0.1, 0.15) is 22.6 Å². The highest BCUT2D eigenvalue weighted by Crippen LogP contribution is 2.78. The molecule has 2 aromatic rings. The van der Waals surface area contributed by atoms with Gasteiger partial charge in [0.25, 0.3) is 0 Å². The van der Waals surface area contributed by atoms with Gasteiger partial charge in [-0.2, -0.15) is 0 Å². The molecule has 0 amide bonds. The third kappa shape index (κ3) is 1.50. The zero-order valence-corrected chi connectivity index (χ0v) is 16.2. The maximum absolute atomic E-state index is 13.3. The number of nitrogens with zero attached hydrogens (tertiary/aromatic N) is 1. The smallest absolute Gasteiger partial charge is 0.350 e. The summed E-state index contributed by atoms with van der Waals surface area (Å²) in [5, 5.41) is 15.2. The first kappa shape index (κ1) is 15.8. The average Bonchev–Trinajstić information content (AvgIpc) is 3.23. The number of epoxide rings is 1. The number of carbonyl (C=O) groups excluding carboxylic acids is 1. The number of hydrogen-bond acceptors (Lipinski definition) is 6. The molecule has 3 aliphatic heterocycles. The number of ether oxygens (including phenoxy) is 2. The first-order valence-electron chi connectivity index (χ1n) is 8.90. The molecule has 26 heavy (non-hydrogen) atoms. The summed E-state index contributed by atoms with van der Waals surface area (Å²) in [6.07, 6.45) is 2.20. The number of esters is 1. The van der Waals surface area contributed by atoms with Crippen molar-refractivity contribution in [2.45, 2.75) is 47.8 Å². The van der Waals surface area contributed by atoms with Gasteiger partial charge < -0.3 is 19.1 Å². The topological polar surface area (TPSA) is 59.1 Å². The minimum atomic E-state index is -1.73. The van der Waals surface area contributed by atoms with E-state index in [4.69, 9.17) is 9.47 Å². The highest BCUT2D eigenvalue weighted by atomic mass is 32.1. The third-order valence-corrected chi connectivity index (χ3v) is 9.29. The second-order valence-electron chi connectivity index (χ2n) is 8.48. The molecule has 5 heterocycles. The summed E-state index contributed by atoms with van der Waals surface area (Å²) in [4.78, 5) is 14.6. The van der Waals surface area contributed by atoms with Crippen molar-refractivity contribution in [3.63, 3.8) is 0 Å². The number of quaternary nitrogens is 1. The molecule has 0 aromatic carbocycles. The van der Waals surface area contributed by atoms with Crippen LogP contribution >= 0.6 is 22.7 Å². The van der Waals surface area contributed by atoms with Crippen LogP contribution < -0.4 is 0 Å². The summed E-state index contributed by atoms with van der Waals surface area (Å²) >= 11 is 2.75. The van der Waals surface area contributed by atoms with Crippen molar-refractivity contribution in [2.75, 3.05) is 14.1 Å². The van der Waals surface area contributed by atoms with E-state index in [9.17, 15) is 9.90 Å². The zero-order chi connectivity index (χ0) is 17.9. The van der Waals surface area contributed by atoms with Crippen LogP contribution in [0.4, 0.5) is 0 Å². The molecule has 5 nitrogen and oxygen atoms in total. The number of thiophene rings is 2. The number of morpholine rings is 1. The van der Waals surface area contributed by atoms with Crippen LogP contribution in [-0.4, -0.2) is 59.0 Å². The van der Waals surface area contributed by atoms with Gasteiger partial charge in [0.15, 0.2) is 11.1 Å². The summed E-state index contributed by atoms with van der Waals surface area (Å²) in [6, 6.07) is 7.68. The number of piperidine rings is 1. The minimum Gasteiger partial charge on any atom is -0.449 e. The molecule has 1 N–H and O–H groups in total. The molecule has 6 rings (SSSR count). The molecule has 0 radical (unpaired) electrons.